The molecule has 0 spiro atoms. The van der Waals surface area contributed by atoms with E-state index in [-0.39, 0.29) is 0 Å². The van der Waals surface area contributed by atoms with Crippen LogP contribution in [0.1, 0.15) is 5.76 Å². The number of nitrogen functional groups attached to an aromatic ring is 1. The monoisotopic (exact) mass is 175 g/mol. The quantitative estimate of drug-likeness (QED) is 0.715. The number of nitrogens with zero attached hydrogens (tertiary/aromatic N) is 2. The molecule has 4 nitrogen and oxygen atoms in total. The van der Waals surface area contributed by atoms with E-state index in [0.717, 1.165) is 11.1 Å². The number of aryl methyl sites for hydroxylation is 1. The Hall–Kier alpha value is -1.84. The molecule has 2 heterocycles. The highest BCUT2D eigenvalue weighted by atomic mass is 16.5. The lowest BCUT2D eigenvalue weighted by Crippen LogP contribution is -1.88. The number of pyridine rings is 1. The summed E-state index contributed by atoms with van der Waals surface area (Å²) in [4.78, 5) is 4.00. The molecule has 2 aromatic heterocycles. The molecule has 4 heteroatoms. The van der Waals surface area contributed by atoms with E-state index in [0.29, 0.717) is 11.6 Å². The maximum absolute atomic E-state index is 5.64. The molecule has 0 radical (unpaired) electrons. The van der Waals surface area contributed by atoms with Gasteiger partial charge in [0.25, 0.3) is 0 Å². The van der Waals surface area contributed by atoms with Crippen molar-refractivity contribution in [3.8, 4) is 11.1 Å². The molecule has 0 saturated heterocycles. The van der Waals surface area contributed by atoms with Crippen molar-refractivity contribution in [1.29, 1.82) is 0 Å². The van der Waals surface area contributed by atoms with Gasteiger partial charge in [0, 0.05) is 18.0 Å². The summed E-state index contributed by atoms with van der Waals surface area (Å²) in [5.41, 5.74) is 7.40. The van der Waals surface area contributed by atoms with Gasteiger partial charge in [-0.1, -0.05) is 11.2 Å². The highest BCUT2D eigenvalue weighted by Crippen LogP contribution is 2.27. The van der Waals surface area contributed by atoms with E-state index >= 15 is 0 Å². The first-order valence-electron chi connectivity index (χ1n) is 3.91. The summed E-state index contributed by atoms with van der Waals surface area (Å²) in [6.07, 6.45) is 3.44. The summed E-state index contributed by atoms with van der Waals surface area (Å²) in [7, 11) is 0. The van der Waals surface area contributed by atoms with Crippen molar-refractivity contribution in [2.45, 2.75) is 6.92 Å². The molecule has 0 saturated carbocycles. The lowest BCUT2D eigenvalue weighted by Gasteiger charge is -1.96. The molecule has 0 aliphatic rings. The number of nitrogens with two attached hydrogens (primary N) is 1. The second-order valence-corrected chi connectivity index (χ2v) is 2.74. The van der Waals surface area contributed by atoms with Gasteiger partial charge in [0.05, 0.1) is 5.56 Å². The molecule has 0 aliphatic carbocycles. The molecule has 0 aliphatic heterocycles. The van der Waals surface area contributed by atoms with Gasteiger partial charge < -0.3 is 10.3 Å². The molecular weight excluding hydrogens is 166 g/mol. The largest absolute Gasteiger partial charge is 0.380 e. The van der Waals surface area contributed by atoms with Crippen molar-refractivity contribution in [2.24, 2.45) is 0 Å². The molecule has 0 unspecified atom stereocenters. The maximum atomic E-state index is 5.64. The van der Waals surface area contributed by atoms with Gasteiger partial charge in [-0.25, -0.2) is 0 Å². The topological polar surface area (TPSA) is 64.9 Å². The zero-order chi connectivity index (χ0) is 9.26. The van der Waals surface area contributed by atoms with Crippen LogP contribution in [0.15, 0.2) is 29.0 Å². The van der Waals surface area contributed by atoms with Gasteiger partial charge in [0.1, 0.15) is 5.76 Å². The standard InChI is InChI=1S/C9H9N3O/c1-6-8(9(10)12-13-6)7-3-2-4-11-5-7/h2-5H,1H3,(H2,10,12). The van der Waals surface area contributed by atoms with Crippen LogP contribution in [0.3, 0.4) is 0 Å². The van der Waals surface area contributed by atoms with Gasteiger partial charge in [0.2, 0.25) is 0 Å². The van der Waals surface area contributed by atoms with Crippen molar-refractivity contribution >= 4 is 5.82 Å². The average Bonchev–Trinajstić information content (AvgIpc) is 2.48. The van der Waals surface area contributed by atoms with Crippen LogP contribution in [-0.2, 0) is 0 Å². The Morgan fingerprint density at radius 2 is 2.31 bits per heavy atom. The van der Waals surface area contributed by atoms with Gasteiger partial charge >= 0.3 is 0 Å². The summed E-state index contributed by atoms with van der Waals surface area (Å²) < 4.78 is 4.95. The second kappa shape index (κ2) is 2.90. The minimum absolute atomic E-state index is 0.408. The zero-order valence-electron chi connectivity index (χ0n) is 7.19. The summed E-state index contributed by atoms with van der Waals surface area (Å²) in [5, 5.41) is 3.67. The summed E-state index contributed by atoms with van der Waals surface area (Å²) in [5.74, 6) is 1.12. The number of aromatic nitrogens is 2. The first-order valence-corrected chi connectivity index (χ1v) is 3.91. The third-order valence-electron chi connectivity index (χ3n) is 1.84. The molecule has 2 aromatic rings. The van der Waals surface area contributed by atoms with Gasteiger partial charge in [-0.2, -0.15) is 0 Å². The molecule has 0 atom stereocenters. The SMILES string of the molecule is Cc1onc(N)c1-c1cccnc1. The van der Waals surface area contributed by atoms with E-state index in [4.69, 9.17) is 10.3 Å². The van der Waals surface area contributed by atoms with E-state index in [9.17, 15) is 0 Å². The van der Waals surface area contributed by atoms with Crippen LogP contribution in [-0.4, -0.2) is 10.1 Å². The van der Waals surface area contributed by atoms with Crippen LogP contribution in [0.4, 0.5) is 5.82 Å². The van der Waals surface area contributed by atoms with Crippen LogP contribution in [0.2, 0.25) is 0 Å². The molecule has 0 amide bonds. The van der Waals surface area contributed by atoms with Gasteiger partial charge in [-0.3, -0.25) is 4.98 Å². The van der Waals surface area contributed by atoms with Gasteiger partial charge in [-0.05, 0) is 13.0 Å². The molecule has 2 N–H and O–H groups in total. The lowest BCUT2D eigenvalue weighted by atomic mass is 10.1. The Morgan fingerprint density at radius 3 is 2.85 bits per heavy atom. The normalized spacial score (nSPS) is 10.2. The Balaban J connectivity index is 2.59. The summed E-state index contributed by atoms with van der Waals surface area (Å²) >= 11 is 0. The van der Waals surface area contributed by atoms with Crippen molar-refractivity contribution in [3.63, 3.8) is 0 Å². The molecule has 0 aromatic carbocycles. The smallest absolute Gasteiger partial charge is 0.175 e. The van der Waals surface area contributed by atoms with Gasteiger partial charge in [-0.15, -0.1) is 0 Å². The summed E-state index contributed by atoms with van der Waals surface area (Å²) in [6, 6.07) is 3.77. The first kappa shape index (κ1) is 7.79. The van der Waals surface area contributed by atoms with Crippen LogP contribution in [0.25, 0.3) is 11.1 Å². The first-order chi connectivity index (χ1) is 6.29. The number of hydrogen-bond donors (Lipinski definition) is 1. The number of hydrogen-bond acceptors (Lipinski definition) is 4. The van der Waals surface area contributed by atoms with Crippen molar-refractivity contribution in [2.75, 3.05) is 5.73 Å². The minimum atomic E-state index is 0.408. The second-order valence-electron chi connectivity index (χ2n) is 2.74. The van der Waals surface area contributed by atoms with E-state index in [1.54, 1.807) is 12.4 Å². The number of anilines is 1. The molecule has 0 bridgehead atoms. The fourth-order valence-corrected chi connectivity index (χ4v) is 1.25. The predicted molar refractivity (Wildman–Crippen MR) is 48.9 cm³/mol. The molecular formula is C9H9N3O. The molecule has 13 heavy (non-hydrogen) atoms. The minimum Gasteiger partial charge on any atom is -0.380 e. The van der Waals surface area contributed by atoms with Crippen LogP contribution in [0, 0.1) is 6.92 Å². The Morgan fingerprint density at radius 1 is 1.46 bits per heavy atom. The molecule has 66 valence electrons. The van der Waals surface area contributed by atoms with Crippen LogP contribution < -0.4 is 5.73 Å². The molecule has 0 fully saturated rings. The third kappa shape index (κ3) is 1.26. The fraction of sp³-hybridized carbons (Fsp3) is 0.111. The predicted octanol–water partition coefficient (Wildman–Crippen LogP) is 1.63. The third-order valence-corrected chi connectivity index (χ3v) is 1.84. The summed E-state index contributed by atoms with van der Waals surface area (Å²) in [6.45, 7) is 1.83. The molecule has 2 rings (SSSR count). The fourth-order valence-electron chi connectivity index (χ4n) is 1.25. The maximum Gasteiger partial charge on any atom is 0.175 e. The lowest BCUT2D eigenvalue weighted by molar-refractivity contribution is 0.401. The Labute approximate surface area is 75.4 Å². The van der Waals surface area contributed by atoms with E-state index in [2.05, 4.69) is 10.1 Å². The van der Waals surface area contributed by atoms with Crippen LogP contribution >= 0.6 is 0 Å². The van der Waals surface area contributed by atoms with Crippen molar-refractivity contribution < 1.29 is 4.52 Å². The highest BCUT2D eigenvalue weighted by Gasteiger charge is 2.11. The van der Waals surface area contributed by atoms with Crippen molar-refractivity contribution in [3.05, 3.63) is 30.3 Å². The van der Waals surface area contributed by atoms with E-state index in [1.807, 2.05) is 19.1 Å². The Bertz CT molecular complexity index is 389. The number of rotatable bonds is 1. The Kier molecular flexibility index (Phi) is 1.73. The zero-order valence-corrected chi connectivity index (χ0v) is 7.19. The van der Waals surface area contributed by atoms with Crippen LogP contribution in [0.5, 0.6) is 0 Å². The van der Waals surface area contributed by atoms with E-state index in [1.165, 1.54) is 0 Å². The van der Waals surface area contributed by atoms with Gasteiger partial charge in [0.15, 0.2) is 5.82 Å². The van der Waals surface area contributed by atoms with Crippen molar-refractivity contribution in [1.82, 2.24) is 10.1 Å². The average molecular weight is 175 g/mol. The van der Waals surface area contributed by atoms with E-state index < -0.39 is 0 Å². The highest BCUT2D eigenvalue weighted by molar-refractivity contribution is 5.74.